The normalized spacial score (nSPS) is 16.0. The fourth-order valence-corrected chi connectivity index (χ4v) is 3.45. The maximum atomic E-state index is 12.3. The first-order valence-corrected chi connectivity index (χ1v) is 9.06. The van der Waals surface area contributed by atoms with Gasteiger partial charge in [0.2, 0.25) is 0 Å². The highest BCUT2D eigenvalue weighted by atomic mass is 35.5. The molecule has 26 heavy (non-hydrogen) atoms. The van der Waals surface area contributed by atoms with Gasteiger partial charge in [-0.3, -0.25) is 18.8 Å². The smallest absolute Gasteiger partial charge is 0.258 e. The van der Waals surface area contributed by atoms with E-state index in [1.807, 2.05) is 17.7 Å². The van der Waals surface area contributed by atoms with Gasteiger partial charge in [0.1, 0.15) is 5.65 Å². The van der Waals surface area contributed by atoms with E-state index in [0.29, 0.717) is 30.2 Å². The number of hydrogen-bond acceptors (Lipinski definition) is 5. The van der Waals surface area contributed by atoms with Crippen molar-refractivity contribution in [2.24, 2.45) is 0 Å². The summed E-state index contributed by atoms with van der Waals surface area (Å²) >= 11 is 5.95. The largest absolute Gasteiger partial charge is 0.387 e. The number of hydrogen-bond donors (Lipinski definition) is 1. The van der Waals surface area contributed by atoms with Crippen LogP contribution in [0.1, 0.15) is 36.5 Å². The molecule has 8 heteroatoms. The zero-order valence-electron chi connectivity index (χ0n) is 14.5. The van der Waals surface area contributed by atoms with Gasteiger partial charge in [0, 0.05) is 31.9 Å². The third-order valence-corrected chi connectivity index (χ3v) is 4.91. The van der Waals surface area contributed by atoms with Gasteiger partial charge in [-0.2, -0.15) is 5.10 Å². The molecule has 0 fully saturated rings. The summed E-state index contributed by atoms with van der Waals surface area (Å²) in [5.74, 6) is 0. The SMILES string of the molecule is CCC(O)c1cc2n(n1)CCN(Cc1cc(=O)n3cc(Cl)ccc3n1)C2. The summed E-state index contributed by atoms with van der Waals surface area (Å²) < 4.78 is 3.41. The van der Waals surface area contributed by atoms with Crippen molar-refractivity contribution in [3.63, 3.8) is 0 Å². The predicted octanol–water partition coefficient (Wildman–Crippen LogP) is 2.00. The molecule has 0 aliphatic carbocycles. The van der Waals surface area contributed by atoms with E-state index in [1.165, 1.54) is 4.40 Å². The Kier molecular flexibility index (Phi) is 4.52. The molecule has 0 aromatic carbocycles. The summed E-state index contributed by atoms with van der Waals surface area (Å²) in [6.45, 7) is 4.81. The summed E-state index contributed by atoms with van der Waals surface area (Å²) in [4.78, 5) is 19.1. The maximum Gasteiger partial charge on any atom is 0.258 e. The number of aliphatic hydroxyl groups is 1. The second-order valence-corrected chi connectivity index (χ2v) is 7.02. The molecule has 3 aromatic rings. The van der Waals surface area contributed by atoms with Gasteiger partial charge in [-0.25, -0.2) is 4.98 Å². The van der Waals surface area contributed by atoms with Crippen molar-refractivity contribution < 1.29 is 5.11 Å². The van der Waals surface area contributed by atoms with Crippen LogP contribution in [0.5, 0.6) is 0 Å². The molecule has 136 valence electrons. The second-order valence-electron chi connectivity index (χ2n) is 6.58. The Morgan fingerprint density at radius 2 is 2.15 bits per heavy atom. The Morgan fingerprint density at radius 3 is 2.96 bits per heavy atom. The van der Waals surface area contributed by atoms with Gasteiger partial charge in [-0.1, -0.05) is 18.5 Å². The van der Waals surface area contributed by atoms with E-state index in [-0.39, 0.29) is 5.56 Å². The lowest BCUT2D eigenvalue weighted by atomic mass is 10.2. The Balaban J connectivity index is 1.55. The van der Waals surface area contributed by atoms with E-state index in [2.05, 4.69) is 15.0 Å². The molecule has 1 atom stereocenters. The lowest BCUT2D eigenvalue weighted by Gasteiger charge is -2.27. The van der Waals surface area contributed by atoms with Crippen LogP contribution in [0.15, 0.2) is 35.3 Å². The van der Waals surface area contributed by atoms with Crippen LogP contribution in [0.2, 0.25) is 5.02 Å². The minimum atomic E-state index is -0.518. The summed E-state index contributed by atoms with van der Waals surface area (Å²) in [6.07, 6.45) is 1.71. The predicted molar refractivity (Wildman–Crippen MR) is 98.1 cm³/mol. The summed E-state index contributed by atoms with van der Waals surface area (Å²) in [7, 11) is 0. The van der Waals surface area contributed by atoms with Gasteiger partial charge in [0.15, 0.2) is 0 Å². The highest BCUT2D eigenvalue weighted by Crippen LogP contribution is 2.20. The zero-order valence-corrected chi connectivity index (χ0v) is 15.2. The molecule has 3 aromatic heterocycles. The molecule has 0 bridgehead atoms. The summed E-state index contributed by atoms with van der Waals surface area (Å²) in [5.41, 5.74) is 2.99. The average molecular weight is 374 g/mol. The first-order valence-electron chi connectivity index (χ1n) is 8.68. The molecule has 0 amide bonds. The molecule has 1 unspecified atom stereocenters. The topological polar surface area (TPSA) is 75.7 Å². The van der Waals surface area contributed by atoms with E-state index in [1.54, 1.807) is 24.4 Å². The van der Waals surface area contributed by atoms with Gasteiger partial charge in [-0.05, 0) is 24.6 Å². The Hall–Kier alpha value is -2.22. The lowest BCUT2D eigenvalue weighted by molar-refractivity contribution is 0.166. The Labute approximate surface area is 155 Å². The van der Waals surface area contributed by atoms with Crippen LogP contribution in [0.25, 0.3) is 5.65 Å². The molecule has 4 rings (SSSR count). The van der Waals surface area contributed by atoms with Crippen LogP contribution in [0.4, 0.5) is 0 Å². The average Bonchev–Trinajstić information content (AvgIpc) is 3.05. The van der Waals surface area contributed by atoms with Gasteiger partial charge >= 0.3 is 0 Å². The molecule has 0 saturated carbocycles. The Bertz CT molecular complexity index is 1010. The molecule has 0 spiro atoms. The van der Waals surface area contributed by atoms with Crippen LogP contribution < -0.4 is 5.56 Å². The van der Waals surface area contributed by atoms with E-state index in [4.69, 9.17) is 11.6 Å². The number of aromatic nitrogens is 4. The van der Waals surface area contributed by atoms with E-state index < -0.39 is 6.10 Å². The maximum absolute atomic E-state index is 12.3. The van der Waals surface area contributed by atoms with E-state index >= 15 is 0 Å². The summed E-state index contributed by atoms with van der Waals surface area (Å²) in [6, 6.07) is 7.00. The molecule has 1 aliphatic rings. The molecule has 0 radical (unpaired) electrons. The Morgan fingerprint density at radius 1 is 1.31 bits per heavy atom. The standard InChI is InChI=1S/C18H20ClN5O2/c1-2-16(25)15-8-14-11-22(5-6-24(14)21-15)10-13-7-18(26)23-9-12(19)3-4-17(23)20-13/h3-4,7-9,16,25H,2,5-6,10-11H2,1H3. The van der Waals surface area contributed by atoms with Crippen molar-refractivity contribution in [2.75, 3.05) is 6.54 Å². The van der Waals surface area contributed by atoms with Crippen molar-refractivity contribution in [2.45, 2.75) is 39.1 Å². The van der Waals surface area contributed by atoms with Gasteiger partial charge < -0.3 is 5.11 Å². The summed E-state index contributed by atoms with van der Waals surface area (Å²) in [5, 5.41) is 15.0. The molecule has 7 nitrogen and oxygen atoms in total. The molecule has 0 saturated heterocycles. The first-order chi connectivity index (χ1) is 12.5. The van der Waals surface area contributed by atoms with Crippen molar-refractivity contribution >= 4 is 17.2 Å². The van der Waals surface area contributed by atoms with Gasteiger partial charge in [0.05, 0.1) is 34.8 Å². The third-order valence-electron chi connectivity index (χ3n) is 4.69. The van der Waals surface area contributed by atoms with Crippen LogP contribution in [-0.2, 0) is 19.6 Å². The number of aliphatic hydroxyl groups excluding tert-OH is 1. The minimum absolute atomic E-state index is 0.136. The number of nitrogens with zero attached hydrogens (tertiary/aromatic N) is 5. The number of halogens is 1. The highest BCUT2D eigenvalue weighted by molar-refractivity contribution is 6.30. The molecular weight excluding hydrogens is 354 g/mol. The first kappa shape index (κ1) is 17.2. The van der Waals surface area contributed by atoms with Crippen molar-refractivity contribution in [1.82, 2.24) is 24.1 Å². The van der Waals surface area contributed by atoms with Crippen LogP contribution >= 0.6 is 11.6 Å². The lowest BCUT2D eigenvalue weighted by Crippen LogP contribution is -2.34. The molecular formula is C18H20ClN5O2. The minimum Gasteiger partial charge on any atom is -0.387 e. The second kappa shape index (κ2) is 6.83. The van der Waals surface area contributed by atoms with E-state index in [9.17, 15) is 9.90 Å². The van der Waals surface area contributed by atoms with E-state index in [0.717, 1.165) is 30.2 Å². The van der Waals surface area contributed by atoms with Crippen molar-refractivity contribution in [1.29, 1.82) is 0 Å². The number of fused-ring (bicyclic) bond motifs is 2. The van der Waals surface area contributed by atoms with Crippen molar-refractivity contribution in [3.8, 4) is 0 Å². The van der Waals surface area contributed by atoms with Crippen molar-refractivity contribution in [3.05, 3.63) is 62.9 Å². The molecule has 1 N–H and O–H groups in total. The number of pyridine rings is 1. The quantitative estimate of drug-likeness (QED) is 0.757. The van der Waals surface area contributed by atoms with Gasteiger partial charge in [-0.15, -0.1) is 0 Å². The van der Waals surface area contributed by atoms with Crippen LogP contribution in [-0.4, -0.2) is 35.7 Å². The zero-order chi connectivity index (χ0) is 18.3. The molecule has 1 aliphatic heterocycles. The number of rotatable bonds is 4. The van der Waals surface area contributed by atoms with Crippen LogP contribution in [0.3, 0.4) is 0 Å². The fourth-order valence-electron chi connectivity index (χ4n) is 3.29. The van der Waals surface area contributed by atoms with Crippen LogP contribution in [0, 0.1) is 0 Å². The monoisotopic (exact) mass is 373 g/mol. The highest BCUT2D eigenvalue weighted by Gasteiger charge is 2.21. The fraction of sp³-hybridized carbons (Fsp3) is 0.389. The third kappa shape index (κ3) is 3.25. The molecule has 4 heterocycles. The van der Waals surface area contributed by atoms with Gasteiger partial charge in [0.25, 0.3) is 5.56 Å².